The van der Waals surface area contributed by atoms with Crippen LogP contribution < -0.4 is 5.73 Å². The highest BCUT2D eigenvalue weighted by Gasteiger charge is 2.27. The zero-order valence-corrected chi connectivity index (χ0v) is 12.7. The van der Waals surface area contributed by atoms with Crippen LogP contribution in [0.5, 0.6) is 0 Å². The molecule has 0 radical (unpaired) electrons. The molecule has 0 amide bonds. The fourth-order valence-corrected chi connectivity index (χ4v) is 2.96. The third-order valence-corrected chi connectivity index (χ3v) is 4.86. The van der Waals surface area contributed by atoms with E-state index in [4.69, 9.17) is 5.73 Å². The number of nitrogens with zero attached hydrogens (tertiary/aromatic N) is 1. The van der Waals surface area contributed by atoms with Gasteiger partial charge in [-0.3, -0.25) is 0 Å². The molecule has 7 heteroatoms. The quantitative estimate of drug-likeness (QED) is 0.875. The number of nitrogens with two attached hydrogens (primary N) is 1. The van der Waals surface area contributed by atoms with Crippen LogP contribution in [0.3, 0.4) is 0 Å². The van der Waals surface area contributed by atoms with Gasteiger partial charge in [0.15, 0.2) is 11.6 Å². The summed E-state index contributed by atoms with van der Waals surface area (Å²) >= 11 is 0. The Morgan fingerprint density at radius 2 is 1.90 bits per heavy atom. The van der Waals surface area contributed by atoms with Crippen LogP contribution >= 0.6 is 0 Å². The molecule has 2 N–H and O–H groups in total. The van der Waals surface area contributed by atoms with Gasteiger partial charge in [-0.2, -0.15) is 0 Å². The van der Waals surface area contributed by atoms with Crippen molar-refractivity contribution in [3.63, 3.8) is 0 Å². The second kappa shape index (κ2) is 6.60. The monoisotopic (exact) mass is 306 g/mol. The van der Waals surface area contributed by atoms with Gasteiger partial charge in [0, 0.05) is 20.1 Å². The fraction of sp³-hybridized carbons (Fsp3) is 0.538. The van der Waals surface area contributed by atoms with E-state index >= 15 is 0 Å². The number of benzene rings is 1. The van der Waals surface area contributed by atoms with Gasteiger partial charge < -0.3 is 5.73 Å². The smallest absolute Gasteiger partial charge is 0.245 e. The summed E-state index contributed by atoms with van der Waals surface area (Å²) in [6.45, 7) is 4.09. The summed E-state index contributed by atoms with van der Waals surface area (Å²) < 4.78 is 52.7. The van der Waals surface area contributed by atoms with E-state index in [1.54, 1.807) is 0 Å². The van der Waals surface area contributed by atoms with Gasteiger partial charge in [-0.15, -0.1) is 0 Å². The van der Waals surface area contributed by atoms with Gasteiger partial charge in [0.1, 0.15) is 4.90 Å². The largest absolute Gasteiger partial charge is 0.326 e. The highest BCUT2D eigenvalue weighted by atomic mass is 32.2. The Morgan fingerprint density at radius 3 is 2.40 bits per heavy atom. The zero-order chi connectivity index (χ0) is 15.5. The maximum absolute atomic E-state index is 13.8. The van der Waals surface area contributed by atoms with Crippen LogP contribution in [0, 0.1) is 17.6 Å². The van der Waals surface area contributed by atoms with Crippen LogP contribution in [0.25, 0.3) is 0 Å². The molecule has 0 aromatic heterocycles. The van der Waals surface area contributed by atoms with E-state index in [0.29, 0.717) is 12.3 Å². The molecule has 1 aromatic rings. The van der Waals surface area contributed by atoms with Crippen LogP contribution in [-0.2, 0) is 16.6 Å². The molecule has 0 saturated carbocycles. The summed E-state index contributed by atoms with van der Waals surface area (Å²) in [5.74, 6) is -2.26. The average Bonchev–Trinajstić information content (AvgIpc) is 2.38. The molecular formula is C13H20F2N2O2S. The van der Waals surface area contributed by atoms with Gasteiger partial charge in [0.25, 0.3) is 0 Å². The Bertz CT molecular complexity index is 574. The zero-order valence-electron chi connectivity index (χ0n) is 11.9. The molecular weight excluding hydrogens is 286 g/mol. The third kappa shape index (κ3) is 3.74. The van der Waals surface area contributed by atoms with Crippen molar-refractivity contribution in [1.82, 2.24) is 4.31 Å². The fourth-order valence-electron chi connectivity index (χ4n) is 1.65. The second-order valence-electron chi connectivity index (χ2n) is 5.10. The van der Waals surface area contributed by atoms with Gasteiger partial charge in [0.05, 0.1) is 0 Å². The molecule has 0 bridgehead atoms. The molecule has 0 aliphatic carbocycles. The Kier molecular flexibility index (Phi) is 5.61. The van der Waals surface area contributed by atoms with Crippen molar-refractivity contribution in [2.75, 3.05) is 13.6 Å². The van der Waals surface area contributed by atoms with Crippen LogP contribution in [-0.4, -0.2) is 26.3 Å². The summed E-state index contributed by atoms with van der Waals surface area (Å²) in [5.41, 5.74) is 5.59. The molecule has 0 unspecified atom stereocenters. The minimum atomic E-state index is -4.06. The van der Waals surface area contributed by atoms with E-state index in [2.05, 4.69) is 0 Å². The minimum absolute atomic E-state index is 0.0601. The summed E-state index contributed by atoms with van der Waals surface area (Å²) in [7, 11) is -2.71. The molecule has 0 spiro atoms. The van der Waals surface area contributed by atoms with Crippen molar-refractivity contribution < 1.29 is 17.2 Å². The van der Waals surface area contributed by atoms with Gasteiger partial charge in [0.2, 0.25) is 10.0 Å². The standard InChI is InChI=1S/C13H20F2N2O2S/c1-9(2)4-5-17(3)20(18,19)12-7-10(8-16)6-11(14)13(12)15/h6-7,9H,4-5,8,16H2,1-3H3. The van der Waals surface area contributed by atoms with Crippen molar-refractivity contribution in [3.8, 4) is 0 Å². The number of rotatable bonds is 6. The van der Waals surface area contributed by atoms with Gasteiger partial charge in [-0.25, -0.2) is 21.5 Å². The molecule has 0 aliphatic heterocycles. The molecule has 4 nitrogen and oxygen atoms in total. The molecule has 0 atom stereocenters. The lowest BCUT2D eigenvalue weighted by Crippen LogP contribution is -2.29. The van der Waals surface area contributed by atoms with Crippen molar-refractivity contribution in [2.45, 2.75) is 31.7 Å². The average molecular weight is 306 g/mol. The summed E-state index contributed by atoms with van der Waals surface area (Å²) in [6, 6.07) is 1.99. The Labute approximate surface area is 118 Å². The van der Waals surface area contributed by atoms with Crippen molar-refractivity contribution >= 4 is 10.0 Å². The van der Waals surface area contributed by atoms with E-state index in [9.17, 15) is 17.2 Å². The molecule has 0 aliphatic rings. The topological polar surface area (TPSA) is 63.4 Å². The van der Waals surface area contributed by atoms with E-state index in [1.165, 1.54) is 7.05 Å². The first kappa shape index (κ1) is 17.0. The maximum atomic E-state index is 13.8. The number of sulfonamides is 1. The molecule has 20 heavy (non-hydrogen) atoms. The van der Waals surface area contributed by atoms with Crippen molar-refractivity contribution in [2.24, 2.45) is 11.7 Å². The first-order valence-electron chi connectivity index (χ1n) is 6.34. The second-order valence-corrected chi connectivity index (χ2v) is 7.12. The van der Waals surface area contributed by atoms with Crippen LogP contribution in [0.1, 0.15) is 25.8 Å². The first-order chi connectivity index (χ1) is 9.20. The lowest BCUT2D eigenvalue weighted by atomic mass is 10.1. The van der Waals surface area contributed by atoms with Crippen LogP contribution in [0.2, 0.25) is 0 Å². The summed E-state index contributed by atoms with van der Waals surface area (Å²) in [5, 5.41) is 0. The third-order valence-electron chi connectivity index (χ3n) is 3.00. The Hall–Kier alpha value is -1.05. The van der Waals surface area contributed by atoms with Crippen molar-refractivity contribution in [3.05, 3.63) is 29.3 Å². The predicted molar refractivity (Wildman–Crippen MR) is 73.5 cm³/mol. The lowest BCUT2D eigenvalue weighted by molar-refractivity contribution is 0.420. The lowest BCUT2D eigenvalue weighted by Gasteiger charge is -2.19. The Balaban J connectivity index is 3.18. The maximum Gasteiger partial charge on any atom is 0.245 e. The summed E-state index contributed by atoms with van der Waals surface area (Å²) in [4.78, 5) is -0.663. The van der Waals surface area contributed by atoms with Crippen molar-refractivity contribution in [1.29, 1.82) is 0 Å². The molecule has 0 heterocycles. The number of halogens is 2. The van der Waals surface area contributed by atoms with Gasteiger partial charge in [-0.1, -0.05) is 13.8 Å². The van der Waals surface area contributed by atoms with E-state index < -0.39 is 26.6 Å². The number of hydrogen-bond acceptors (Lipinski definition) is 3. The van der Waals surface area contributed by atoms with Crippen LogP contribution in [0.4, 0.5) is 8.78 Å². The molecule has 1 aromatic carbocycles. The number of hydrogen-bond donors (Lipinski definition) is 1. The SMILES string of the molecule is CC(C)CCN(C)S(=O)(=O)c1cc(CN)cc(F)c1F. The molecule has 1 rings (SSSR count). The van der Waals surface area contributed by atoms with E-state index in [1.807, 2.05) is 13.8 Å². The summed E-state index contributed by atoms with van der Waals surface area (Å²) in [6.07, 6.45) is 0.635. The molecule has 0 fully saturated rings. The Morgan fingerprint density at radius 1 is 1.30 bits per heavy atom. The van der Waals surface area contributed by atoms with Gasteiger partial charge in [-0.05, 0) is 30.0 Å². The minimum Gasteiger partial charge on any atom is -0.326 e. The normalized spacial score (nSPS) is 12.4. The first-order valence-corrected chi connectivity index (χ1v) is 7.78. The predicted octanol–water partition coefficient (Wildman–Crippen LogP) is 2.09. The van der Waals surface area contributed by atoms with Gasteiger partial charge >= 0.3 is 0 Å². The molecule has 114 valence electrons. The van der Waals surface area contributed by atoms with E-state index in [-0.39, 0.29) is 18.7 Å². The molecule has 0 saturated heterocycles. The van der Waals surface area contributed by atoms with Crippen LogP contribution in [0.15, 0.2) is 17.0 Å². The van der Waals surface area contributed by atoms with E-state index in [0.717, 1.165) is 16.4 Å². The highest BCUT2D eigenvalue weighted by molar-refractivity contribution is 7.89. The highest BCUT2D eigenvalue weighted by Crippen LogP contribution is 2.23.